The van der Waals surface area contributed by atoms with Gasteiger partial charge in [-0.1, -0.05) is 18.2 Å². The van der Waals surface area contributed by atoms with Gasteiger partial charge in [0.1, 0.15) is 0 Å². The van der Waals surface area contributed by atoms with Crippen LogP contribution in [0.4, 0.5) is 24.5 Å². The second-order valence-corrected chi connectivity index (χ2v) is 5.30. The predicted octanol–water partition coefficient (Wildman–Crippen LogP) is 5.05. The molecule has 0 radical (unpaired) electrons. The Labute approximate surface area is 112 Å². The van der Waals surface area contributed by atoms with Crippen molar-refractivity contribution in [2.45, 2.75) is 16.8 Å². The molecule has 1 N–H and O–H groups in total. The van der Waals surface area contributed by atoms with Crippen LogP contribution in [0.2, 0.25) is 0 Å². The highest BCUT2D eigenvalue weighted by atomic mass is 32.2. The number of alkyl halides is 3. The van der Waals surface area contributed by atoms with E-state index in [4.69, 9.17) is 0 Å². The van der Waals surface area contributed by atoms with Gasteiger partial charge in [-0.2, -0.15) is 13.2 Å². The second kappa shape index (κ2) is 4.49. The fourth-order valence-electron chi connectivity index (χ4n) is 2.00. The van der Waals surface area contributed by atoms with E-state index in [1.807, 2.05) is 24.3 Å². The van der Waals surface area contributed by atoms with E-state index in [9.17, 15) is 13.2 Å². The van der Waals surface area contributed by atoms with Crippen molar-refractivity contribution in [2.75, 3.05) is 5.32 Å². The lowest BCUT2D eigenvalue weighted by molar-refractivity contribution is -0.137. The normalized spacial score (nSPS) is 14.1. The summed E-state index contributed by atoms with van der Waals surface area (Å²) in [5.41, 5.74) is 1.86. The molecule has 1 aliphatic rings. The van der Waals surface area contributed by atoms with E-state index in [0.29, 0.717) is 5.69 Å². The first-order valence-electron chi connectivity index (χ1n) is 5.73. The minimum absolute atomic E-state index is 0.518. The van der Waals surface area contributed by atoms with Crippen LogP contribution in [0, 0.1) is 0 Å². The molecule has 2 aromatic rings. The lowest BCUT2D eigenvalue weighted by atomic mass is 10.1. The zero-order chi connectivity index (χ0) is 13.5. The van der Waals surface area contributed by atoms with Gasteiger partial charge in [-0.25, -0.2) is 0 Å². The van der Waals surface area contributed by atoms with Crippen LogP contribution in [0.3, 0.4) is 0 Å². The van der Waals surface area contributed by atoms with Crippen molar-refractivity contribution >= 4 is 23.1 Å². The minimum atomic E-state index is -4.31. The van der Waals surface area contributed by atoms with E-state index >= 15 is 0 Å². The van der Waals surface area contributed by atoms with Crippen molar-refractivity contribution in [1.29, 1.82) is 0 Å². The zero-order valence-electron chi connectivity index (χ0n) is 9.79. The topological polar surface area (TPSA) is 12.0 Å². The molecule has 2 aromatic carbocycles. The van der Waals surface area contributed by atoms with Crippen LogP contribution in [-0.4, -0.2) is 0 Å². The van der Waals surface area contributed by atoms with Crippen molar-refractivity contribution in [3.8, 4) is 0 Å². The molecule has 3 rings (SSSR count). The molecule has 1 heterocycles. The SMILES string of the molecule is FC(F)(F)c1ccc2c(c1)Nc1ccccc1CS2. The molecule has 0 aliphatic carbocycles. The van der Waals surface area contributed by atoms with Crippen LogP contribution < -0.4 is 5.32 Å². The maximum Gasteiger partial charge on any atom is 0.416 e. The first kappa shape index (κ1) is 12.4. The summed E-state index contributed by atoms with van der Waals surface area (Å²) in [6.45, 7) is 0. The van der Waals surface area contributed by atoms with Crippen molar-refractivity contribution < 1.29 is 13.2 Å². The van der Waals surface area contributed by atoms with Gasteiger partial charge >= 0.3 is 6.18 Å². The molecule has 0 fully saturated rings. The maximum atomic E-state index is 12.7. The third kappa shape index (κ3) is 2.42. The number of fused-ring (bicyclic) bond motifs is 2. The Bertz CT molecular complexity index is 622. The number of hydrogen-bond acceptors (Lipinski definition) is 2. The summed E-state index contributed by atoms with van der Waals surface area (Å²) in [5, 5.41) is 3.09. The van der Waals surface area contributed by atoms with Gasteiger partial charge in [-0.15, -0.1) is 11.8 Å². The molecule has 0 bridgehead atoms. The second-order valence-electron chi connectivity index (χ2n) is 4.28. The smallest absolute Gasteiger partial charge is 0.354 e. The van der Waals surface area contributed by atoms with Crippen molar-refractivity contribution in [3.63, 3.8) is 0 Å². The molecule has 0 atom stereocenters. The van der Waals surface area contributed by atoms with E-state index in [1.165, 1.54) is 12.1 Å². The Hall–Kier alpha value is -1.62. The number of rotatable bonds is 0. The number of anilines is 2. The number of thioether (sulfide) groups is 1. The average Bonchev–Trinajstić information content (AvgIpc) is 2.55. The molecule has 0 saturated carbocycles. The monoisotopic (exact) mass is 281 g/mol. The van der Waals surface area contributed by atoms with E-state index in [-0.39, 0.29) is 0 Å². The quantitative estimate of drug-likeness (QED) is 0.724. The Morgan fingerprint density at radius 3 is 2.58 bits per heavy atom. The predicted molar refractivity (Wildman–Crippen MR) is 70.7 cm³/mol. The standard InChI is InChI=1S/C14H10F3NS/c15-14(16,17)10-5-6-13-12(7-10)18-11-4-2-1-3-9(11)8-19-13/h1-7,18H,8H2. The molecule has 19 heavy (non-hydrogen) atoms. The molecule has 0 spiro atoms. The van der Waals surface area contributed by atoms with E-state index in [1.54, 1.807) is 11.8 Å². The number of para-hydroxylation sites is 1. The highest BCUT2D eigenvalue weighted by Crippen LogP contribution is 2.41. The molecular formula is C14H10F3NS. The summed E-state index contributed by atoms with van der Waals surface area (Å²) in [7, 11) is 0. The van der Waals surface area contributed by atoms with Gasteiger partial charge in [0.05, 0.1) is 11.3 Å². The van der Waals surface area contributed by atoms with E-state index in [2.05, 4.69) is 5.32 Å². The third-order valence-corrected chi connectivity index (χ3v) is 4.10. The molecule has 1 aliphatic heterocycles. The summed E-state index contributed by atoms with van der Waals surface area (Å²) in [4.78, 5) is 0.837. The fraction of sp³-hybridized carbons (Fsp3) is 0.143. The number of nitrogens with one attached hydrogen (secondary N) is 1. The number of benzene rings is 2. The lowest BCUT2D eigenvalue weighted by Crippen LogP contribution is -2.05. The largest absolute Gasteiger partial charge is 0.416 e. The van der Waals surface area contributed by atoms with Crippen LogP contribution in [0.5, 0.6) is 0 Å². The van der Waals surface area contributed by atoms with Gasteiger partial charge in [0.2, 0.25) is 0 Å². The molecule has 98 valence electrons. The van der Waals surface area contributed by atoms with E-state index < -0.39 is 11.7 Å². The maximum absolute atomic E-state index is 12.7. The van der Waals surface area contributed by atoms with Gasteiger partial charge in [0, 0.05) is 16.3 Å². The third-order valence-electron chi connectivity index (χ3n) is 2.98. The van der Waals surface area contributed by atoms with Crippen molar-refractivity contribution in [1.82, 2.24) is 0 Å². The molecular weight excluding hydrogens is 271 g/mol. The summed E-state index contributed by atoms with van der Waals surface area (Å²) in [5.74, 6) is 0.752. The van der Waals surface area contributed by atoms with Gasteiger partial charge < -0.3 is 5.32 Å². The highest BCUT2D eigenvalue weighted by molar-refractivity contribution is 7.98. The zero-order valence-corrected chi connectivity index (χ0v) is 10.6. The summed E-state index contributed by atoms with van der Waals surface area (Å²) >= 11 is 1.54. The van der Waals surface area contributed by atoms with Gasteiger partial charge in [0.15, 0.2) is 0 Å². The Kier molecular flexibility index (Phi) is 2.93. The minimum Gasteiger partial charge on any atom is -0.354 e. The van der Waals surface area contributed by atoms with Crippen molar-refractivity contribution in [2.24, 2.45) is 0 Å². The van der Waals surface area contributed by atoms with Gasteiger partial charge in [0.25, 0.3) is 0 Å². The summed E-state index contributed by atoms with van der Waals surface area (Å²) in [6.07, 6.45) is -4.31. The van der Waals surface area contributed by atoms with Crippen LogP contribution in [-0.2, 0) is 11.9 Å². The van der Waals surface area contributed by atoms with Crippen LogP contribution in [0.25, 0.3) is 0 Å². The number of halogens is 3. The van der Waals surface area contributed by atoms with Crippen LogP contribution >= 0.6 is 11.8 Å². The van der Waals surface area contributed by atoms with Gasteiger partial charge in [-0.05, 0) is 29.8 Å². The molecule has 0 amide bonds. The molecule has 0 unspecified atom stereocenters. The fourth-order valence-corrected chi connectivity index (χ4v) is 2.99. The summed E-state index contributed by atoms with van der Waals surface area (Å²) in [6, 6.07) is 11.5. The van der Waals surface area contributed by atoms with Crippen LogP contribution in [0.1, 0.15) is 11.1 Å². The Balaban J connectivity index is 2.05. The van der Waals surface area contributed by atoms with E-state index in [0.717, 1.165) is 28.0 Å². The molecule has 1 nitrogen and oxygen atoms in total. The Morgan fingerprint density at radius 2 is 1.79 bits per heavy atom. The Morgan fingerprint density at radius 1 is 1.00 bits per heavy atom. The van der Waals surface area contributed by atoms with Gasteiger partial charge in [-0.3, -0.25) is 0 Å². The van der Waals surface area contributed by atoms with Crippen molar-refractivity contribution in [3.05, 3.63) is 53.6 Å². The lowest BCUT2D eigenvalue weighted by Gasteiger charge is -2.12. The van der Waals surface area contributed by atoms with Crippen LogP contribution in [0.15, 0.2) is 47.4 Å². The average molecular weight is 281 g/mol. The summed E-state index contributed by atoms with van der Waals surface area (Å²) < 4.78 is 38.2. The first-order valence-corrected chi connectivity index (χ1v) is 6.71. The molecule has 0 saturated heterocycles. The first-order chi connectivity index (χ1) is 9.04. The molecule has 5 heteroatoms. The molecule has 0 aromatic heterocycles. The number of hydrogen-bond donors (Lipinski definition) is 1. The highest BCUT2D eigenvalue weighted by Gasteiger charge is 2.31.